The van der Waals surface area contributed by atoms with Crippen molar-refractivity contribution >= 4 is 22.3 Å². The van der Waals surface area contributed by atoms with E-state index in [0.29, 0.717) is 16.8 Å². The highest BCUT2D eigenvalue weighted by atomic mass is 32.1. The van der Waals surface area contributed by atoms with Crippen LogP contribution < -0.4 is 5.63 Å². The molecule has 0 aliphatic heterocycles. The fraction of sp³-hybridized carbons (Fsp3) is 0. The summed E-state index contributed by atoms with van der Waals surface area (Å²) in [6, 6.07) is 16.2. The minimum Gasteiger partial charge on any atom is -0.508 e. The quantitative estimate of drug-likeness (QED) is 0.559. The molecule has 2 heterocycles. The lowest BCUT2D eigenvalue weighted by Gasteiger charge is -2.00. The van der Waals surface area contributed by atoms with Gasteiger partial charge in [-0.15, -0.1) is 11.3 Å². The van der Waals surface area contributed by atoms with Gasteiger partial charge in [0.2, 0.25) is 0 Å². The molecule has 4 nitrogen and oxygen atoms in total. The summed E-state index contributed by atoms with van der Waals surface area (Å²) in [6.07, 6.45) is 0. The zero-order chi connectivity index (χ0) is 15.8. The van der Waals surface area contributed by atoms with E-state index in [1.807, 2.05) is 35.7 Å². The predicted octanol–water partition coefficient (Wildman–Crippen LogP) is 4.29. The number of phenolic OH excluding ortho intramolecular Hbond substituents is 1. The summed E-state index contributed by atoms with van der Waals surface area (Å²) < 4.78 is 5.29. The smallest absolute Gasteiger partial charge is 0.345 e. The van der Waals surface area contributed by atoms with Crippen molar-refractivity contribution < 1.29 is 9.52 Å². The molecular formula is C18H11NO3S. The van der Waals surface area contributed by atoms with Crippen LogP contribution >= 0.6 is 11.3 Å². The van der Waals surface area contributed by atoms with Crippen LogP contribution in [0.4, 0.5) is 0 Å². The van der Waals surface area contributed by atoms with Gasteiger partial charge in [-0.3, -0.25) is 0 Å². The first-order valence-electron chi connectivity index (χ1n) is 6.99. The van der Waals surface area contributed by atoms with Gasteiger partial charge in [-0.05, 0) is 18.2 Å². The fourth-order valence-corrected chi connectivity index (χ4v) is 3.22. The molecule has 2 aromatic heterocycles. The first-order chi connectivity index (χ1) is 11.2. The first kappa shape index (κ1) is 13.7. The Balaban J connectivity index is 1.83. The van der Waals surface area contributed by atoms with Crippen LogP contribution in [-0.2, 0) is 0 Å². The van der Waals surface area contributed by atoms with Crippen LogP contribution in [0.5, 0.6) is 5.75 Å². The maximum absolute atomic E-state index is 12.2. The third-order valence-corrected chi connectivity index (χ3v) is 4.41. The van der Waals surface area contributed by atoms with Gasteiger partial charge in [0, 0.05) is 22.4 Å². The average Bonchev–Trinajstić information content (AvgIpc) is 3.05. The zero-order valence-corrected chi connectivity index (χ0v) is 12.7. The second-order valence-corrected chi connectivity index (χ2v) is 5.93. The van der Waals surface area contributed by atoms with E-state index in [1.165, 1.54) is 17.4 Å². The molecule has 0 aliphatic rings. The van der Waals surface area contributed by atoms with Gasteiger partial charge in [0.15, 0.2) is 0 Å². The van der Waals surface area contributed by atoms with Crippen molar-refractivity contribution in [1.29, 1.82) is 0 Å². The summed E-state index contributed by atoms with van der Waals surface area (Å²) in [5.41, 5.74) is 1.92. The molecule has 0 fully saturated rings. The summed E-state index contributed by atoms with van der Waals surface area (Å²) in [6.45, 7) is 0. The molecule has 0 aliphatic carbocycles. The van der Waals surface area contributed by atoms with Crippen LogP contribution in [0.15, 0.2) is 69.2 Å². The number of hydrogen-bond acceptors (Lipinski definition) is 5. The topological polar surface area (TPSA) is 63.3 Å². The minimum absolute atomic E-state index is 0.0634. The molecule has 1 N–H and O–H groups in total. The largest absolute Gasteiger partial charge is 0.508 e. The van der Waals surface area contributed by atoms with Crippen molar-refractivity contribution in [1.82, 2.24) is 4.98 Å². The molecule has 0 bridgehead atoms. The Kier molecular flexibility index (Phi) is 3.20. The van der Waals surface area contributed by atoms with Gasteiger partial charge in [0.05, 0.1) is 11.3 Å². The average molecular weight is 321 g/mol. The number of phenols is 1. The third kappa shape index (κ3) is 2.51. The molecular weight excluding hydrogens is 310 g/mol. The summed E-state index contributed by atoms with van der Waals surface area (Å²) in [5, 5.41) is 12.9. The lowest BCUT2D eigenvalue weighted by Crippen LogP contribution is -2.02. The van der Waals surface area contributed by atoms with Gasteiger partial charge in [-0.1, -0.05) is 30.3 Å². The fourth-order valence-electron chi connectivity index (χ4n) is 2.39. The molecule has 112 valence electrons. The van der Waals surface area contributed by atoms with Crippen molar-refractivity contribution in [2.75, 3.05) is 0 Å². The van der Waals surface area contributed by atoms with E-state index in [9.17, 15) is 9.90 Å². The zero-order valence-electron chi connectivity index (χ0n) is 11.9. The van der Waals surface area contributed by atoms with E-state index < -0.39 is 5.63 Å². The second-order valence-electron chi connectivity index (χ2n) is 5.07. The van der Waals surface area contributed by atoms with E-state index in [-0.39, 0.29) is 5.75 Å². The molecule has 0 atom stereocenters. The molecule has 2 aromatic carbocycles. The molecule has 4 rings (SSSR count). The molecule has 23 heavy (non-hydrogen) atoms. The van der Waals surface area contributed by atoms with E-state index in [0.717, 1.165) is 16.0 Å². The number of nitrogens with zero attached hydrogens (tertiary/aromatic N) is 1. The standard InChI is InChI=1S/C18H11NO3S/c20-13-7-6-12-8-14(18(21)22-16(12)9-13)15-10-23-17(19-15)11-4-2-1-3-5-11/h1-10,20H. The summed E-state index contributed by atoms with van der Waals surface area (Å²) in [5.74, 6) is 0.0634. The van der Waals surface area contributed by atoms with Crippen molar-refractivity contribution in [3.63, 3.8) is 0 Å². The SMILES string of the molecule is O=c1oc2cc(O)ccc2cc1-c1csc(-c2ccccc2)n1. The minimum atomic E-state index is -0.465. The lowest BCUT2D eigenvalue weighted by molar-refractivity contribution is 0.473. The van der Waals surface area contributed by atoms with E-state index in [1.54, 1.807) is 18.2 Å². The second kappa shape index (κ2) is 5.37. The van der Waals surface area contributed by atoms with Gasteiger partial charge in [-0.25, -0.2) is 9.78 Å². The van der Waals surface area contributed by atoms with Crippen LogP contribution in [0.1, 0.15) is 0 Å². The Hall–Kier alpha value is -2.92. The Labute approximate surface area is 135 Å². The maximum atomic E-state index is 12.2. The van der Waals surface area contributed by atoms with Crippen LogP contribution in [0.3, 0.4) is 0 Å². The number of thiazole rings is 1. The highest BCUT2D eigenvalue weighted by molar-refractivity contribution is 7.13. The van der Waals surface area contributed by atoms with Crippen LogP contribution in [0.25, 0.3) is 32.8 Å². The van der Waals surface area contributed by atoms with Gasteiger partial charge in [0.1, 0.15) is 16.3 Å². The highest BCUT2D eigenvalue weighted by Crippen LogP contribution is 2.29. The number of aromatic nitrogens is 1. The number of fused-ring (bicyclic) bond motifs is 1. The van der Waals surface area contributed by atoms with Crippen molar-refractivity contribution in [2.45, 2.75) is 0 Å². The first-order valence-corrected chi connectivity index (χ1v) is 7.87. The monoisotopic (exact) mass is 321 g/mol. The van der Waals surface area contributed by atoms with E-state index in [4.69, 9.17) is 4.42 Å². The number of hydrogen-bond donors (Lipinski definition) is 1. The van der Waals surface area contributed by atoms with E-state index >= 15 is 0 Å². The Morgan fingerprint density at radius 3 is 2.70 bits per heavy atom. The van der Waals surface area contributed by atoms with Gasteiger partial charge >= 0.3 is 5.63 Å². The molecule has 0 spiro atoms. The van der Waals surface area contributed by atoms with Crippen molar-refractivity contribution in [2.24, 2.45) is 0 Å². The molecule has 0 saturated carbocycles. The third-order valence-electron chi connectivity index (χ3n) is 3.52. The van der Waals surface area contributed by atoms with E-state index in [2.05, 4.69) is 4.98 Å². The molecule has 4 aromatic rings. The highest BCUT2D eigenvalue weighted by Gasteiger charge is 2.12. The molecule has 0 radical (unpaired) electrons. The van der Waals surface area contributed by atoms with Crippen LogP contribution in [0.2, 0.25) is 0 Å². The number of aromatic hydroxyl groups is 1. The van der Waals surface area contributed by atoms with Crippen molar-refractivity contribution in [3.05, 3.63) is 70.4 Å². The van der Waals surface area contributed by atoms with Gasteiger partial charge < -0.3 is 9.52 Å². The summed E-state index contributed by atoms with van der Waals surface area (Å²) >= 11 is 1.48. The Morgan fingerprint density at radius 1 is 1.04 bits per heavy atom. The molecule has 5 heteroatoms. The van der Waals surface area contributed by atoms with Crippen LogP contribution in [0, 0.1) is 0 Å². The molecule has 0 amide bonds. The Bertz CT molecular complexity index is 1050. The summed E-state index contributed by atoms with van der Waals surface area (Å²) in [7, 11) is 0. The lowest BCUT2D eigenvalue weighted by atomic mass is 10.1. The number of benzene rings is 2. The molecule has 0 saturated heterocycles. The number of rotatable bonds is 2. The maximum Gasteiger partial charge on any atom is 0.345 e. The Morgan fingerprint density at radius 2 is 1.87 bits per heavy atom. The normalized spacial score (nSPS) is 11.0. The van der Waals surface area contributed by atoms with Gasteiger partial charge in [0.25, 0.3) is 0 Å². The predicted molar refractivity (Wildman–Crippen MR) is 90.7 cm³/mol. The van der Waals surface area contributed by atoms with Gasteiger partial charge in [-0.2, -0.15) is 0 Å². The van der Waals surface area contributed by atoms with Crippen LogP contribution in [-0.4, -0.2) is 10.1 Å². The van der Waals surface area contributed by atoms with Crippen molar-refractivity contribution in [3.8, 4) is 27.6 Å². The molecule has 0 unspecified atom stereocenters. The summed E-state index contributed by atoms with van der Waals surface area (Å²) in [4.78, 5) is 16.8.